The molecule has 0 aliphatic carbocycles. The Balaban J connectivity index is 1.87. The number of quaternary nitrogens is 1. The highest BCUT2D eigenvalue weighted by atomic mass is 16.5. The Morgan fingerprint density at radius 3 is 2.88 bits per heavy atom. The van der Waals surface area contributed by atoms with Gasteiger partial charge in [-0.05, 0) is 45.2 Å². The molecule has 0 bridgehead atoms. The zero-order chi connectivity index (χ0) is 18.0. The third kappa shape index (κ3) is 3.69. The maximum absolute atomic E-state index is 12.6. The summed E-state index contributed by atoms with van der Waals surface area (Å²) in [5.74, 6) is -0.556. The van der Waals surface area contributed by atoms with Gasteiger partial charge in [0.2, 0.25) is 0 Å². The summed E-state index contributed by atoms with van der Waals surface area (Å²) in [6.07, 6.45) is 3.55. The first-order valence-electron chi connectivity index (χ1n) is 8.84. The zero-order valence-corrected chi connectivity index (χ0v) is 15.1. The van der Waals surface area contributed by atoms with Crippen molar-refractivity contribution < 1.29 is 19.2 Å². The Hall–Kier alpha value is -2.34. The fourth-order valence-electron chi connectivity index (χ4n) is 3.60. The molecule has 25 heavy (non-hydrogen) atoms. The number of likely N-dealkylation sites (tertiary alicyclic amines) is 1. The number of anilines is 1. The minimum absolute atomic E-state index is 0.0729. The summed E-state index contributed by atoms with van der Waals surface area (Å²) >= 11 is 0. The number of esters is 1. The van der Waals surface area contributed by atoms with Crippen molar-refractivity contribution in [2.75, 3.05) is 25.5 Å². The number of hydrogen-bond donors (Lipinski definition) is 3. The van der Waals surface area contributed by atoms with Crippen LogP contribution in [0.25, 0.3) is 10.9 Å². The third-order valence-corrected chi connectivity index (χ3v) is 5.08. The van der Waals surface area contributed by atoms with Gasteiger partial charge in [0.15, 0.2) is 6.54 Å². The van der Waals surface area contributed by atoms with E-state index in [4.69, 9.17) is 4.74 Å². The number of aromatic amines is 1. The molecule has 1 aromatic heterocycles. The van der Waals surface area contributed by atoms with Gasteiger partial charge >= 0.3 is 5.97 Å². The molecule has 1 amide bonds. The summed E-state index contributed by atoms with van der Waals surface area (Å²) in [7, 11) is 1.34. The SMILES string of the molecule is COC(=O)c1[nH]c2ccc(C)cc2c1NC(=O)C[NH+]1CCCC[C@H]1C. The predicted octanol–water partition coefficient (Wildman–Crippen LogP) is 1.66. The van der Waals surface area contributed by atoms with Crippen molar-refractivity contribution in [2.24, 2.45) is 0 Å². The van der Waals surface area contributed by atoms with Gasteiger partial charge in [-0.25, -0.2) is 4.79 Å². The average molecular weight is 344 g/mol. The number of piperidine rings is 1. The molecule has 1 fully saturated rings. The van der Waals surface area contributed by atoms with Crippen molar-refractivity contribution in [3.05, 3.63) is 29.5 Å². The van der Waals surface area contributed by atoms with Crippen LogP contribution in [0, 0.1) is 6.92 Å². The van der Waals surface area contributed by atoms with Crippen LogP contribution in [-0.4, -0.2) is 43.1 Å². The number of carbonyl (C=O) groups excluding carboxylic acids is 2. The topological polar surface area (TPSA) is 75.6 Å². The number of rotatable bonds is 4. The minimum Gasteiger partial charge on any atom is -0.464 e. The Kier molecular flexibility index (Phi) is 5.08. The van der Waals surface area contributed by atoms with E-state index in [0.717, 1.165) is 35.9 Å². The van der Waals surface area contributed by atoms with Crippen LogP contribution in [0.4, 0.5) is 5.69 Å². The largest absolute Gasteiger partial charge is 0.464 e. The van der Waals surface area contributed by atoms with Gasteiger partial charge in [0.25, 0.3) is 5.91 Å². The standard InChI is InChI=1S/C19H25N3O3/c1-12-7-8-15-14(10-12)17(18(20-15)19(24)25-3)21-16(23)11-22-9-5-4-6-13(22)2/h7-8,10,13,20H,4-6,9,11H2,1-3H3,(H,21,23)/p+1/t13-/m1/s1. The van der Waals surface area contributed by atoms with Gasteiger partial charge in [-0.2, -0.15) is 0 Å². The van der Waals surface area contributed by atoms with Crippen molar-refractivity contribution in [3.63, 3.8) is 0 Å². The molecule has 1 aliphatic heterocycles. The van der Waals surface area contributed by atoms with E-state index in [1.807, 2.05) is 25.1 Å². The number of nitrogens with one attached hydrogen (secondary N) is 3. The van der Waals surface area contributed by atoms with Gasteiger partial charge in [-0.15, -0.1) is 0 Å². The van der Waals surface area contributed by atoms with Crippen LogP contribution in [0.5, 0.6) is 0 Å². The number of methoxy groups -OCH3 is 1. The zero-order valence-electron chi connectivity index (χ0n) is 15.1. The Labute approximate surface area is 147 Å². The number of benzene rings is 1. The molecule has 0 spiro atoms. The van der Waals surface area contributed by atoms with Gasteiger partial charge in [0.05, 0.1) is 25.4 Å². The van der Waals surface area contributed by atoms with Crippen LogP contribution in [-0.2, 0) is 9.53 Å². The molecule has 2 heterocycles. The highest BCUT2D eigenvalue weighted by Gasteiger charge is 2.26. The van der Waals surface area contributed by atoms with Crippen molar-refractivity contribution >= 4 is 28.5 Å². The van der Waals surface area contributed by atoms with Gasteiger partial charge in [0.1, 0.15) is 5.69 Å². The van der Waals surface area contributed by atoms with Crippen molar-refractivity contribution in [3.8, 4) is 0 Å². The lowest BCUT2D eigenvalue weighted by Gasteiger charge is -2.29. The maximum atomic E-state index is 12.6. The predicted molar refractivity (Wildman–Crippen MR) is 97.0 cm³/mol. The number of aryl methyl sites for hydroxylation is 1. The number of H-pyrrole nitrogens is 1. The number of amides is 1. The number of fused-ring (bicyclic) bond motifs is 1. The molecule has 1 aromatic carbocycles. The molecule has 3 N–H and O–H groups in total. The smallest absolute Gasteiger partial charge is 0.356 e. The van der Waals surface area contributed by atoms with Gasteiger partial charge < -0.3 is 19.9 Å². The lowest BCUT2D eigenvalue weighted by Crippen LogP contribution is -3.17. The molecule has 1 unspecified atom stereocenters. The van der Waals surface area contributed by atoms with Gasteiger partial charge in [-0.3, -0.25) is 4.79 Å². The van der Waals surface area contributed by atoms with Crippen LogP contribution in [0.3, 0.4) is 0 Å². The molecule has 1 saturated heterocycles. The monoisotopic (exact) mass is 344 g/mol. The fraction of sp³-hybridized carbons (Fsp3) is 0.474. The van der Waals surface area contributed by atoms with E-state index in [-0.39, 0.29) is 11.6 Å². The molecule has 3 rings (SSSR count). The van der Waals surface area contributed by atoms with E-state index in [1.54, 1.807) is 0 Å². The van der Waals surface area contributed by atoms with Gasteiger partial charge in [0, 0.05) is 10.9 Å². The van der Waals surface area contributed by atoms with E-state index in [2.05, 4.69) is 17.2 Å². The lowest BCUT2D eigenvalue weighted by molar-refractivity contribution is -0.920. The Bertz CT molecular complexity index is 797. The van der Waals surface area contributed by atoms with E-state index in [1.165, 1.54) is 18.4 Å². The summed E-state index contributed by atoms with van der Waals surface area (Å²) in [5, 5.41) is 3.78. The quantitative estimate of drug-likeness (QED) is 0.739. The molecular weight excluding hydrogens is 318 g/mol. The van der Waals surface area contributed by atoms with Crippen LogP contribution in [0.1, 0.15) is 42.2 Å². The number of ether oxygens (including phenoxy) is 1. The van der Waals surface area contributed by atoms with Crippen molar-refractivity contribution in [1.29, 1.82) is 0 Å². The molecule has 1 aliphatic rings. The van der Waals surface area contributed by atoms with Crippen LogP contribution >= 0.6 is 0 Å². The highest BCUT2D eigenvalue weighted by molar-refractivity contribution is 6.11. The normalized spacial score (nSPS) is 20.4. The fourth-order valence-corrected chi connectivity index (χ4v) is 3.60. The van der Waals surface area contributed by atoms with Gasteiger partial charge in [-0.1, -0.05) is 11.6 Å². The van der Waals surface area contributed by atoms with Crippen LogP contribution < -0.4 is 10.2 Å². The molecule has 6 heteroatoms. The van der Waals surface area contributed by atoms with E-state index in [0.29, 0.717) is 18.3 Å². The van der Waals surface area contributed by atoms with Crippen LogP contribution in [0.15, 0.2) is 18.2 Å². The molecule has 6 nitrogen and oxygen atoms in total. The van der Waals surface area contributed by atoms with Crippen LogP contribution in [0.2, 0.25) is 0 Å². The summed E-state index contributed by atoms with van der Waals surface area (Å²) in [5.41, 5.74) is 2.67. The summed E-state index contributed by atoms with van der Waals surface area (Å²) in [4.78, 5) is 29.1. The average Bonchev–Trinajstić information content (AvgIpc) is 2.94. The maximum Gasteiger partial charge on any atom is 0.356 e. The summed E-state index contributed by atoms with van der Waals surface area (Å²) < 4.78 is 4.86. The summed E-state index contributed by atoms with van der Waals surface area (Å²) in [6, 6.07) is 6.32. The molecule has 134 valence electrons. The summed E-state index contributed by atoms with van der Waals surface area (Å²) in [6.45, 7) is 5.61. The first-order chi connectivity index (χ1) is 12.0. The second-order valence-corrected chi connectivity index (χ2v) is 6.95. The molecular formula is C19H26N3O3+. The molecule has 0 radical (unpaired) electrons. The van der Waals surface area contributed by atoms with E-state index >= 15 is 0 Å². The Morgan fingerprint density at radius 2 is 2.16 bits per heavy atom. The molecule has 0 saturated carbocycles. The number of hydrogen-bond acceptors (Lipinski definition) is 3. The van der Waals surface area contributed by atoms with E-state index in [9.17, 15) is 9.59 Å². The van der Waals surface area contributed by atoms with Crippen molar-refractivity contribution in [2.45, 2.75) is 39.2 Å². The highest BCUT2D eigenvalue weighted by Crippen LogP contribution is 2.29. The van der Waals surface area contributed by atoms with Crippen molar-refractivity contribution in [1.82, 2.24) is 4.98 Å². The lowest BCUT2D eigenvalue weighted by atomic mass is 10.0. The van der Waals surface area contributed by atoms with E-state index < -0.39 is 5.97 Å². The number of aromatic nitrogens is 1. The first-order valence-corrected chi connectivity index (χ1v) is 8.84. The molecule has 2 atom stereocenters. The Morgan fingerprint density at radius 1 is 1.36 bits per heavy atom. The second kappa shape index (κ2) is 7.27. The molecule has 2 aromatic rings. The minimum atomic E-state index is -0.483. The number of carbonyl (C=O) groups is 2. The third-order valence-electron chi connectivity index (χ3n) is 5.08. The first kappa shape index (κ1) is 17.5. The second-order valence-electron chi connectivity index (χ2n) is 6.95.